The number of hydrogen-bond acceptors (Lipinski definition) is 2. The van der Waals surface area contributed by atoms with Crippen LogP contribution in [0.15, 0.2) is 18.1 Å². The van der Waals surface area contributed by atoms with Gasteiger partial charge in [-0.2, -0.15) is 0 Å². The minimum atomic E-state index is 0.426. The van der Waals surface area contributed by atoms with Crippen LogP contribution in [0.3, 0.4) is 0 Å². The molecule has 0 spiro atoms. The Morgan fingerprint density at radius 3 is 2.93 bits per heavy atom. The lowest BCUT2D eigenvalue weighted by molar-refractivity contribution is 0.635. The number of rotatable bonds is 5. The van der Waals surface area contributed by atoms with E-state index in [9.17, 15) is 0 Å². The molecule has 0 amide bonds. The van der Waals surface area contributed by atoms with E-state index >= 15 is 0 Å². The van der Waals surface area contributed by atoms with Gasteiger partial charge in [0.05, 0.1) is 18.2 Å². The number of nitrogens with zero attached hydrogens (tertiary/aromatic N) is 2. The Morgan fingerprint density at radius 1 is 1.60 bits per heavy atom. The second-order valence-corrected chi connectivity index (χ2v) is 3.77. The summed E-state index contributed by atoms with van der Waals surface area (Å²) in [5.74, 6) is 0. The average Bonchev–Trinajstić information content (AvgIpc) is 2.65. The molecule has 15 heavy (non-hydrogen) atoms. The Balaban J connectivity index is 2.77. The molecule has 1 unspecified atom stereocenters. The van der Waals surface area contributed by atoms with E-state index in [-0.39, 0.29) is 0 Å². The first-order chi connectivity index (χ1) is 7.19. The molecule has 1 aromatic heterocycles. The summed E-state index contributed by atoms with van der Waals surface area (Å²) in [6.45, 7) is 10.6. The first-order valence-electron chi connectivity index (χ1n) is 5.60. The maximum atomic E-state index is 4.15. The molecular formula is C12H21N3. The zero-order chi connectivity index (χ0) is 11.3. The molecule has 0 aliphatic carbocycles. The summed E-state index contributed by atoms with van der Waals surface area (Å²) < 4.78 is 2.14. The van der Waals surface area contributed by atoms with E-state index < -0.39 is 0 Å². The van der Waals surface area contributed by atoms with Gasteiger partial charge in [-0.15, -0.1) is 0 Å². The Labute approximate surface area is 92.2 Å². The minimum absolute atomic E-state index is 0.426. The van der Waals surface area contributed by atoms with Gasteiger partial charge in [0.15, 0.2) is 0 Å². The van der Waals surface area contributed by atoms with Gasteiger partial charge >= 0.3 is 0 Å². The highest BCUT2D eigenvalue weighted by Crippen LogP contribution is 2.09. The maximum Gasteiger partial charge on any atom is 0.0950 e. The van der Waals surface area contributed by atoms with Crippen LogP contribution in [0, 0.1) is 0 Å². The van der Waals surface area contributed by atoms with Crippen LogP contribution in [0.25, 0.3) is 6.08 Å². The third kappa shape index (κ3) is 3.20. The first kappa shape index (κ1) is 12.0. The number of nitrogens with one attached hydrogen (secondary N) is 1. The van der Waals surface area contributed by atoms with Crippen LogP contribution >= 0.6 is 0 Å². The van der Waals surface area contributed by atoms with Crippen LogP contribution in [0.5, 0.6) is 0 Å². The lowest BCUT2D eigenvalue weighted by atomic mass is 10.1. The molecule has 1 N–H and O–H groups in total. The van der Waals surface area contributed by atoms with Gasteiger partial charge in [-0.25, -0.2) is 4.98 Å². The molecule has 84 valence electrons. The van der Waals surface area contributed by atoms with Gasteiger partial charge in [-0.3, -0.25) is 0 Å². The third-order valence-electron chi connectivity index (χ3n) is 2.65. The van der Waals surface area contributed by atoms with E-state index in [1.54, 1.807) is 0 Å². The lowest BCUT2D eigenvalue weighted by Gasteiger charge is -2.13. The molecule has 1 rings (SSSR count). The van der Waals surface area contributed by atoms with E-state index in [0.717, 1.165) is 13.1 Å². The topological polar surface area (TPSA) is 29.9 Å². The Hall–Kier alpha value is -1.09. The second kappa shape index (κ2) is 5.71. The number of aromatic nitrogens is 2. The molecular weight excluding hydrogens is 186 g/mol. The smallest absolute Gasteiger partial charge is 0.0950 e. The average molecular weight is 207 g/mol. The predicted octanol–water partition coefficient (Wildman–Crippen LogP) is 2.30. The Morgan fingerprint density at radius 2 is 2.33 bits per heavy atom. The normalized spacial score (nSPS) is 14.3. The highest BCUT2D eigenvalue weighted by atomic mass is 15.0. The molecule has 3 heteroatoms. The van der Waals surface area contributed by atoms with Crippen molar-refractivity contribution in [1.29, 1.82) is 0 Å². The van der Waals surface area contributed by atoms with E-state index in [2.05, 4.69) is 48.6 Å². The van der Waals surface area contributed by atoms with E-state index in [1.807, 2.05) is 12.5 Å². The fourth-order valence-electron chi connectivity index (χ4n) is 1.54. The van der Waals surface area contributed by atoms with Crippen LogP contribution in [0.1, 0.15) is 33.4 Å². The quantitative estimate of drug-likeness (QED) is 0.803. The van der Waals surface area contributed by atoms with Crippen LogP contribution in [0.4, 0.5) is 0 Å². The molecule has 0 saturated carbocycles. The first-order valence-corrected chi connectivity index (χ1v) is 5.60. The number of likely N-dealkylation sites (N-methyl/N-ethyl adjacent to an activating group) is 1. The van der Waals surface area contributed by atoms with Gasteiger partial charge in [0.25, 0.3) is 0 Å². The van der Waals surface area contributed by atoms with Crippen molar-refractivity contribution in [1.82, 2.24) is 14.9 Å². The molecule has 3 nitrogen and oxygen atoms in total. The van der Waals surface area contributed by atoms with Crippen molar-refractivity contribution in [3.8, 4) is 0 Å². The van der Waals surface area contributed by atoms with Crippen LogP contribution in [-0.2, 0) is 6.54 Å². The SMILES string of the molecule is CCNC(C)C(C)=Cc1cncn1CC. The van der Waals surface area contributed by atoms with Gasteiger partial charge < -0.3 is 9.88 Å². The number of aryl methyl sites for hydroxylation is 1. The van der Waals surface area contributed by atoms with Crippen LogP contribution in [-0.4, -0.2) is 22.1 Å². The number of imidazole rings is 1. The molecule has 1 heterocycles. The van der Waals surface area contributed by atoms with Gasteiger partial charge in [0, 0.05) is 12.6 Å². The molecule has 0 aromatic carbocycles. The summed E-state index contributed by atoms with van der Waals surface area (Å²) >= 11 is 0. The monoisotopic (exact) mass is 207 g/mol. The minimum Gasteiger partial charge on any atom is -0.331 e. The fourth-order valence-corrected chi connectivity index (χ4v) is 1.54. The lowest BCUT2D eigenvalue weighted by Crippen LogP contribution is -2.26. The standard InChI is InChI=1S/C12H21N3/c1-5-14-11(4)10(3)7-12-8-13-9-15(12)6-2/h7-9,11,14H,5-6H2,1-4H3. The van der Waals surface area contributed by atoms with Crippen molar-refractivity contribution in [3.63, 3.8) is 0 Å². The summed E-state index contributed by atoms with van der Waals surface area (Å²) in [5.41, 5.74) is 2.52. The van der Waals surface area contributed by atoms with Gasteiger partial charge in [0.1, 0.15) is 0 Å². The second-order valence-electron chi connectivity index (χ2n) is 3.77. The highest BCUT2D eigenvalue weighted by Gasteiger charge is 2.03. The summed E-state index contributed by atoms with van der Waals surface area (Å²) in [7, 11) is 0. The predicted molar refractivity (Wildman–Crippen MR) is 64.7 cm³/mol. The van der Waals surface area contributed by atoms with Crippen molar-refractivity contribution in [2.24, 2.45) is 0 Å². The van der Waals surface area contributed by atoms with Crippen molar-refractivity contribution in [2.75, 3.05) is 6.54 Å². The molecule has 0 saturated heterocycles. The zero-order valence-corrected chi connectivity index (χ0v) is 10.1. The Bertz CT molecular complexity index is 325. The maximum absolute atomic E-state index is 4.15. The molecule has 0 fully saturated rings. The molecule has 0 aliphatic heterocycles. The molecule has 0 radical (unpaired) electrons. The van der Waals surface area contributed by atoms with Gasteiger partial charge in [-0.1, -0.05) is 12.5 Å². The van der Waals surface area contributed by atoms with Crippen LogP contribution in [0.2, 0.25) is 0 Å². The van der Waals surface area contributed by atoms with Crippen molar-refractivity contribution in [2.45, 2.75) is 40.3 Å². The van der Waals surface area contributed by atoms with E-state index in [0.29, 0.717) is 6.04 Å². The fraction of sp³-hybridized carbons (Fsp3) is 0.583. The highest BCUT2D eigenvalue weighted by molar-refractivity contribution is 5.49. The Kier molecular flexibility index (Phi) is 4.56. The molecule has 1 atom stereocenters. The zero-order valence-electron chi connectivity index (χ0n) is 10.1. The van der Waals surface area contributed by atoms with Crippen molar-refractivity contribution < 1.29 is 0 Å². The summed E-state index contributed by atoms with van der Waals surface area (Å²) in [5, 5.41) is 3.40. The van der Waals surface area contributed by atoms with Crippen LogP contribution < -0.4 is 5.32 Å². The third-order valence-corrected chi connectivity index (χ3v) is 2.65. The van der Waals surface area contributed by atoms with E-state index in [4.69, 9.17) is 0 Å². The summed E-state index contributed by atoms with van der Waals surface area (Å²) in [6.07, 6.45) is 5.98. The van der Waals surface area contributed by atoms with Crippen molar-refractivity contribution in [3.05, 3.63) is 23.8 Å². The summed E-state index contributed by atoms with van der Waals surface area (Å²) in [6, 6.07) is 0.426. The molecule has 0 bridgehead atoms. The number of hydrogen-bond donors (Lipinski definition) is 1. The summed E-state index contributed by atoms with van der Waals surface area (Å²) in [4.78, 5) is 4.15. The van der Waals surface area contributed by atoms with Gasteiger partial charge in [-0.05, 0) is 33.4 Å². The van der Waals surface area contributed by atoms with Gasteiger partial charge in [0.2, 0.25) is 0 Å². The largest absolute Gasteiger partial charge is 0.331 e. The molecule has 0 aliphatic rings. The molecule has 1 aromatic rings. The van der Waals surface area contributed by atoms with Crippen molar-refractivity contribution >= 4 is 6.08 Å². The van der Waals surface area contributed by atoms with E-state index in [1.165, 1.54) is 11.3 Å².